The predicted molar refractivity (Wildman–Crippen MR) is 117 cm³/mol. The van der Waals surface area contributed by atoms with Gasteiger partial charge in [0.15, 0.2) is 0 Å². The molecule has 0 unspecified atom stereocenters. The van der Waals surface area contributed by atoms with Gasteiger partial charge in [0, 0.05) is 22.5 Å². The average molecular weight is 425 g/mol. The van der Waals surface area contributed by atoms with Crippen molar-refractivity contribution in [2.24, 2.45) is 0 Å². The van der Waals surface area contributed by atoms with Crippen molar-refractivity contribution in [3.8, 4) is 11.5 Å². The number of carbonyl (C=O) groups excluding carboxylic acids is 2. The Bertz CT molecular complexity index is 971. The van der Waals surface area contributed by atoms with Gasteiger partial charge in [-0.15, -0.1) is 11.3 Å². The fraction of sp³-hybridized carbons (Fsp3) is 0.217. The maximum atomic E-state index is 13.0. The highest BCUT2D eigenvalue weighted by molar-refractivity contribution is 7.09. The molecule has 0 saturated carbocycles. The second kappa shape index (κ2) is 10.5. The number of nitrogens with one attached hydrogen (secondary N) is 1. The maximum Gasteiger partial charge on any atom is 0.251 e. The minimum Gasteiger partial charge on any atom is -0.497 e. The molecule has 156 valence electrons. The van der Waals surface area contributed by atoms with Gasteiger partial charge in [0.05, 0.1) is 27.3 Å². The standard InChI is InChI=1S/C23H24N2O4S/c1-28-19-11-9-17(10-12-19)23(27)24-14-22(26)25(16-20-7-5-13-30-20)15-18-6-3-4-8-21(18)29-2/h3-13H,14-16H2,1-2H3,(H,24,27). The van der Waals surface area contributed by atoms with Crippen LogP contribution in [0.4, 0.5) is 0 Å². The van der Waals surface area contributed by atoms with E-state index in [1.807, 2.05) is 41.8 Å². The number of rotatable bonds is 9. The van der Waals surface area contributed by atoms with Gasteiger partial charge in [-0.1, -0.05) is 24.3 Å². The molecule has 6 nitrogen and oxygen atoms in total. The molecule has 0 aliphatic heterocycles. The summed E-state index contributed by atoms with van der Waals surface area (Å²) >= 11 is 1.59. The summed E-state index contributed by atoms with van der Waals surface area (Å²) in [4.78, 5) is 28.2. The molecular formula is C23H24N2O4S. The fourth-order valence-electron chi connectivity index (χ4n) is 2.97. The SMILES string of the molecule is COc1ccc(C(=O)NCC(=O)N(Cc2cccs2)Cc2ccccc2OC)cc1. The van der Waals surface area contributed by atoms with E-state index in [9.17, 15) is 9.59 Å². The summed E-state index contributed by atoms with van der Waals surface area (Å²) in [5.74, 6) is 0.917. The first-order chi connectivity index (χ1) is 14.6. The third kappa shape index (κ3) is 5.61. The van der Waals surface area contributed by atoms with Crippen LogP contribution < -0.4 is 14.8 Å². The van der Waals surface area contributed by atoms with Crippen LogP contribution in [0.2, 0.25) is 0 Å². The lowest BCUT2D eigenvalue weighted by Crippen LogP contribution is -2.39. The third-order valence-corrected chi connectivity index (χ3v) is 5.45. The zero-order chi connectivity index (χ0) is 21.3. The van der Waals surface area contributed by atoms with Gasteiger partial charge in [0.25, 0.3) is 5.91 Å². The molecule has 0 radical (unpaired) electrons. The van der Waals surface area contributed by atoms with Crippen LogP contribution in [0.25, 0.3) is 0 Å². The van der Waals surface area contributed by atoms with E-state index in [1.165, 1.54) is 0 Å². The van der Waals surface area contributed by atoms with Gasteiger partial charge < -0.3 is 19.7 Å². The lowest BCUT2D eigenvalue weighted by Gasteiger charge is -2.23. The number of hydrogen-bond donors (Lipinski definition) is 1. The number of amides is 2. The quantitative estimate of drug-likeness (QED) is 0.568. The molecule has 2 amide bonds. The largest absolute Gasteiger partial charge is 0.497 e. The number of para-hydroxylation sites is 1. The summed E-state index contributed by atoms with van der Waals surface area (Å²) in [6.07, 6.45) is 0. The van der Waals surface area contributed by atoms with E-state index >= 15 is 0 Å². The minimum absolute atomic E-state index is 0.0919. The minimum atomic E-state index is -0.306. The first-order valence-electron chi connectivity index (χ1n) is 9.45. The molecule has 0 atom stereocenters. The van der Waals surface area contributed by atoms with Crippen LogP contribution >= 0.6 is 11.3 Å². The summed E-state index contributed by atoms with van der Waals surface area (Å²) in [6, 6.07) is 18.3. The van der Waals surface area contributed by atoms with Crippen molar-refractivity contribution in [3.63, 3.8) is 0 Å². The van der Waals surface area contributed by atoms with Crippen molar-refractivity contribution in [3.05, 3.63) is 82.0 Å². The van der Waals surface area contributed by atoms with Gasteiger partial charge in [-0.2, -0.15) is 0 Å². The monoisotopic (exact) mass is 424 g/mol. The van der Waals surface area contributed by atoms with Crippen LogP contribution in [0.3, 0.4) is 0 Å². The number of nitrogens with zero attached hydrogens (tertiary/aromatic N) is 1. The van der Waals surface area contributed by atoms with Gasteiger partial charge in [-0.3, -0.25) is 9.59 Å². The van der Waals surface area contributed by atoms with E-state index in [-0.39, 0.29) is 18.4 Å². The number of carbonyl (C=O) groups is 2. The molecule has 30 heavy (non-hydrogen) atoms. The molecule has 1 N–H and O–H groups in total. The van der Waals surface area contributed by atoms with Gasteiger partial charge in [0.1, 0.15) is 11.5 Å². The van der Waals surface area contributed by atoms with Gasteiger partial charge >= 0.3 is 0 Å². The molecule has 3 aromatic rings. The van der Waals surface area contributed by atoms with Crippen LogP contribution in [0.5, 0.6) is 11.5 Å². The van der Waals surface area contributed by atoms with E-state index in [2.05, 4.69) is 5.32 Å². The molecule has 0 saturated heterocycles. The van der Waals surface area contributed by atoms with Crippen molar-refractivity contribution in [1.29, 1.82) is 0 Å². The van der Waals surface area contributed by atoms with E-state index in [4.69, 9.17) is 9.47 Å². The van der Waals surface area contributed by atoms with Gasteiger partial charge in [0.2, 0.25) is 5.91 Å². The lowest BCUT2D eigenvalue weighted by atomic mass is 10.1. The van der Waals surface area contributed by atoms with E-state index in [0.717, 1.165) is 16.2 Å². The number of ether oxygens (including phenoxy) is 2. The summed E-state index contributed by atoms with van der Waals surface area (Å²) in [6.45, 7) is 0.761. The number of hydrogen-bond acceptors (Lipinski definition) is 5. The van der Waals surface area contributed by atoms with E-state index < -0.39 is 0 Å². The smallest absolute Gasteiger partial charge is 0.251 e. The van der Waals surface area contributed by atoms with Gasteiger partial charge in [-0.05, 0) is 41.8 Å². The lowest BCUT2D eigenvalue weighted by molar-refractivity contribution is -0.131. The van der Waals surface area contributed by atoms with Crippen LogP contribution in [0.15, 0.2) is 66.0 Å². The van der Waals surface area contributed by atoms with Crippen LogP contribution in [0.1, 0.15) is 20.8 Å². The summed E-state index contributed by atoms with van der Waals surface area (Å²) in [7, 11) is 3.18. The molecule has 0 bridgehead atoms. The molecule has 7 heteroatoms. The molecule has 0 spiro atoms. The zero-order valence-corrected chi connectivity index (χ0v) is 17.8. The summed E-state index contributed by atoms with van der Waals surface area (Å²) in [5.41, 5.74) is 1.38. The van der Waals surface area contributed by atoms with Crippen molar-refractivity contribution in [2.45, 2.75) is 13.1 Å². The van der Waals surface area contributed by atoms with Crippen molar-refractivity contribution < 1.29 is 19.1 Å². The summed E-state index contributed by atoms with van der Waals surface area (Å²) in [5, 5.41) is 4.69. The van der Waals surface area contributed by atoms with Crippen molar-refractivity contribution >= 4 is 23.2 Å². The Labute approximate surface area is 180 Å². The Balaban J connectivity index is 1.68. The average Bonchev–Trinajstić information content (AvgIpc) is 3.30. The Morgan fingerprint density at radius 2 is 1.70 bits per heavy atom. The molecule has 1 aromatic heterocycles. The summed E-state index contributed by atoms with van der Waals surface area (Å²) < 4.78 is 10.5. The van der Waals surface area contributed by atoms with E-state index in [1.54, 1.807) is 54.7 Å². The molecule has 0 fully saturated rings. The molecular weight excluding hydrogens is 400 g/mol. The first-order valence-corrected chi connectivity index (χ1v) is 10.3. The zero-order valence-electron chi connectivity index (χ0n) is 17.0. The Morgan fingerprint density at radius 1 is 0.933 bits per heavy atom. The van der Waals surface area contributed by atoms with Crippen LogP contribution in [-0.2, 0) is 17.9 Å². The number of benzene rings is 2. The molecule has 0 aliphatic rings. The van der Waals surface area contributed by atoms with Crippen molar-refractivity contribution in [1.82, 2.24) is 10.2 Å². The second-order valence-electron chi connectivity index (χ2n) is 6.55. The van der Waals surface area contributed by atoms with Gasteiger partial charge in [-0.25, -0.2) is 0 Å². The molecule has 0 aliphatic carbocycles. The Morgan fingerprint density at radius 3 is 2.37 bits per heavy atom. The second-order valence-corrected chi connectivity index (χ2v) is 7.58. The molecule has 3 rings (SSSR count). The topological polar surface area (TPSA) is 67.9 Å². The highest BCUT2D eigenvalue weighted by Crippen LogP contribution is 2.21. The normalized spacial score (nSPS) is 10.3. The highest BCUT2D eigenvalue weighted by atomic mass is 32.1. The Hall–Kier alpha value is -3.32. The number of thiophene rings is 1. The fourth-order valence-corrected chi connectivity index (χ4v) is 3.69. The van der Waals surface area contributed by atoms with Crippen LogP contribution in [-0.4, -0.2) is 37.5 Å². The number of methoxy groups -OCH3 is 2. The first kappa shape index (κ1) is 21.4. The van der Waals surface area contributed by atoms with Crippen molar-refractivity contribution in [2.75, 3.05) is 20.8 Å². The molecule has 1 heterocycles. The molecule has 2 aromatic carbocycles. The predicted octanol–water partition coefficient (Wildman–Crippen LogP) is 3.72. The van der Waals surface area contributed by atoms with E-state index in [0.29, 0.717) is 24.4 Å². The Kier molecular flexibility index (Phi) is 7.45. The third-order valence-electron chi connectivity index (χ3n) is 4.59. The highest BCUT2D eigenvalue weighted by Gasteiger charge is 2.18. The van der Waals surface area contributed by atoms with Crippen LogP contribution in [0, 0.1) is 0 Å². The maximum absolute atomic E-state index is 13.0.